The van der Waals surface area contributed by atoms with Crippen molar-refractivity contribution in [3.63, 3.8) is 0 Å². The van der Waals surface area contributed by atoms with Crippen LogP contribution in [0.5, 0.6) is 0 Å². The van der Waals surface area contributed by atoms with E-state index >= 15 is 0 Å². The van der Waals surface area contributed by atoms with Crippen molar-refractivity contribution in [2.75, 3.05) is 0 Å². The highest BCUT2D eigenvalue weighted by molar-refractivity contribution is 5.92. The maximum atomic E-state index is 4.93. The van der Waals surface area contributed by atoms with Gasteiger partial charge in [-0.1, -0.05) is 58.0 Å². The normalized spacial score (nSPS) is 10.5. The summed E-state index contributed by atoms with van der Waals surface area (Å²) in [6.45, 7) is 12.3. The van der Waals surface area contributed by atoms with Crippen LogP contribution in [0, 0.1) is 13.8 Å². The summed E-state index contributed by atoms with van der Waals surface area (Å²) in [5, 5.41) is 0. The van der Waals surface area contributed by atoms with Crippen LogP contribution in [-0.4, -0.2) is 14.0 Å². The van der Waals surface area contributed by atoms with Crippen LogP contribution in [-0.2, 0) is 0 Å². The number of benzene rings is 3. The van der Waals surface area contributed by atoms with Crippen LogP contribution in [0.15, 0.2) is 66.7 Å². The Morgan fingerprint density at radius 1 is 0.643 bits per heavy atom. The van der Waals surface area contributed by atoms with Gasteiger partial charge in [0.15, 0.2) is 0 Å². The molecule has 3 heteroatoms. The highest BCUT2D eigenvalue weighted by Gasteiger charge is 2.16. The number of imidazole rings is 2. The predicted octanol–water partition coefficient (Wildman–Crippen LogP) is 7.10. The van der Waals surface area contributed by atoms with Gasteiger partial charge in [0.2, 0.25) is 5.78 Å². The Morgan fingerprint density at radius 2 is 1.25 bits per heavy atom. The van der Waals surface area contributed by atoms with Crippen LogP contribution in [0.25, 0.3) is 33.5 Å². The van der Waals surface area contributed by atoms with Crippen molar-refractivity contribution in [2.45, 2.75) is 41.5 Å². The lowest BCUT2D eigenvalue weighted by Gasteiger charge is -2.04. The highest BCUT2D eigenvalue weighted by Crippen LogP contribution is 2.30. The maximum absolute atomic E-state index is 4.93. The molecule has 0 atom stereocenters. The number of rotatable bonds is 1. The molecular formula is C25H29N3. The minimum atomic E-state index is 0.961. The number of hydrogen-bond acceptors (Lipinski definition) is 1. The van der Waals surface area contributed by atoms with Gasteiger partial charge in [-0.25, -0.2) is 4.98 Å². The lowest BCUT2D eigenvalue weighted by atomic mass is 10.2. The van der Waals surface area contributed by atoms with Crippen LogP contribution in [0.3, 0.4) is 0 Å². The van der Waals surface area contributed by atoms with E-state index in [2.05, 4.69) is 83.5 Å². The number of nitrogens with zero attached hydrogens (tertiary/aromatic N) is 3. The monoisotopic (exact) mass is 371 g/mol. The largest absolute Gasteiger partial charge is 0.278 e. The van der Waals surface area contributed by atoms with Crippen molar-refractivity contribution < 1.29 is 0 Å². The van der Waals surface area contributed by atoms with E-state index in [4.69, 9.17) is 4.98 Å². The second-order valence-corrected chi connectivity index (χ2v) is 6.40. The summed E-state index contributed by atoms with van der Waals surface area (Å²) in [5.41, 5.74) is 8.20. The third kappa shape index (κ3) is 3.18. The first-order valence-electron chi connectivity index (χ1n) is 10.2. The fourth-order valence-electron chi connectivity index (χ4n) is 3.50. The molecule has 5 rings (SSSR count). The van der Waals surface area contributed by atoms with Gasteiger partial charge in [0, 0.05) is 5.69 Å². The molecule has 0 amide bonds. The summed E-state index contributed by atoms with van der Waals surface area (Å²) in [6, 6.07) is 23.5. The van der Waals surface area contributed by atoms with Gasteiger partial charge in [0.25, 0.3) is 0 Å². The predicted molar refractivity (Wildman–Crippen MR) is 122 cm³/mol. The number of hydrogen-bond donors (Lipinski definition) is 0. The minimum absolute atomic E-state index is 0.961. The highest BCUT2D eigenvalue weighted by atomic mass is 15.2. The maximum Gasteiger partial charge on any atom is 0.220 e. The molecule has 3 nitrogen and oxygen atoms in total. The number of aryl methyl sites for hydroxylation is 2. The van der Waals surface area contributed by atoms with E-state index in [1.165, 1.54) is 22.2 Å². The van der Waals surface area contributed by atoms with Gasteiger partial charge in [-0.3, -0.25) is 8.97 Å². The molecule has 0 saturated carbocycles. The van der Waals surface area contributed by atoms with Crippen molar-refractivity contribution in [1.29, 1.82) is 0 Å². The third-order valence-electron chi connectivity index (χ3n) is 4.62. The first-order valence-corrected chi connectivity index (χ1v) is 10.2. The summed E-state index contributed by atoms with van der Waals surface area (Å²) >= 11 is 0. The van der Waals surface area contributed by atoms with E-state index in [-0.39, 0.29) is 0 Å². The van der Waals surface area contributed by atoms with E-state index in [1.54, 1.807) is 0 Å². The van der Waals surface area contributed by atoms with E-state index < -0.39 is 0 Å². The molecule has 0 aliphatic rings. The second kappa shape index (κ2) is 8.30. The van der Waals surface area contributed by atoms with Gasteiger partial charge in [0.1, 0.15) is 0 Å². The van der Waals surface area contributed by atoms with Crippen molar-refractivity contribution in [2.24, 2.45) is 0 Å². The van der Waals surface area contributed by atoms with E-state index in [0.29, 0.717) is 0 Å². The van der Waals surface area contributed by atoms with Crippen molar-refractivity contribution in [3.8, 4) is 5.69 Å². The van der Waals surface area contributed by atoms with E-state index in [9.17, 15) is 0 Å². The number of aromatic nitrogens is 3. The third-order valence-corrected chi connectivity index (χ3v) is 4.62. The summed E-state index contributed by atoms with van der Waals surface area (Å²) < 4.78 is 4.52. The zero-order chi connectivity index (χ0) is 20.3. The smallest absolute Gasteiger partial charge is 0.220 e. The van der Waals surface area contributed by atoms with Crippen LogP contribution in [0.2, 0.25) is 0 Å². The molecular weight excluding hydrogens is 342 g/mol. The van der Waals surface area contributed by atoms with Crippen LogP contribution in [0.4, 0.5) is 0 Å². The molecule has 2 aromatic heterocycles. The molecule has 0 fully saturated rings. The Morgan fingerprint density at radius 3 is 1.93 bits per heavy atom. The van der Waals surface area contributed by atoms with Crippen LogP contribution >= 0.6 is 0 Å². The van der Waals surface area contributed by atoms with Gasteiger partial charge in [-0.2, -0.15) is 0 Å². The molecule has 0 radical (unpaired) electrons. The van der Waals surface area contributed by atoms with E-state index in [0.717, 1.165) is 22.5 Å². The topological polar surface area (TPSA) is 22.2 Å². The standard InChI is InChI=1S/C21H17N3.2C2H6/c1-14-8-10-17-19(12-14)24-20-13-15(2)9-11-18(20)23(21(24)22-17)16-6-4-3-5-7-16;2*1-2/h3-13H,1-2H3;2*1-2H3. The fraction of sp³-hybridized carbons (Fsp3) is 0.240. The van der Waals surface area contributed by atoms with E-state index in [1.807, 2.05) is 33.8 Å². The molecule has 0 aliphatic heterocycles. The lowest BCUT2D eigenvalue weighted by molar-refractivity contribution is 1.11. The summed E-state index contributed by atoms with van der Waals surface area (Å²) in [4.78, 5) is 4.93. The molecule has 0 unspecified atom stereocenters. The van der Waals surface area contributed by atoms with Crippen LogP contribution in [0.1, 0.15) is 38.8 Å². The van der Waals surface area contributed by atoms with Gasteiger partial charge < -0.3 is 0 Å². The molecule has 28 heavy (non-hydrogen) atoms. The Balaban J connectivity index is 0.000000531. The average molecular weight is 372 g/mol. The van der Waals surface area contributed by atoms with Gasteiger partial charge in [-0.15, -0.1) is 0 Å². The first-order chi connectivity index (χ1) is 13.7. The second-order valence-electron chi connectivity index (χ2n) is 6.40. The lowest BCUT2D eigenvalue weighted by Crippen LogP contribution is -1.94. The Kier molecular flexibility index (Phi) is 5.84. The number of fused-ring (bicyclic) bond motifs is 5. The molecule has 3 aromatic carbocycles. The van der Waals surface area contributed by atoms with Gasteiger partial charge in [0.05, 0.1) is 22.1 Å². The Hall–Kier alpha value is -3.07. The van der Waals surface area contributed by atoms with Gasteiger partial charge >= 0.3 is 0 Å². The quantitative estimate of drug-likeness (QED) is 0.308. The van der Waals surface area contributed by atoms with Crippen molar-refractivity contribution in [1.82, 2.24) is 14.0 Å². The SMILES string of the molecule is CC.CC.Cc1ccc2nc3n(-c4ccccc4)c4ccc(C)cc4n3c2c1. The average Bonchev–Trinajstić information content (AvgIpc) is 3.25. The molecule has 0 bridgehead atoms. The zero-order valence-electron chi connectivity index (χ0n) is 17.7. The number of para-hydroxylation sites is 1. The molecule has 0 N–H and O–H groups in total. The molecule has 5 aromatic rings. The first kappa shape index (κ1) is 19.7. The van der Waals surface area contributed by atoms with Crippen molar-refractivity contribution >= 4 is 27.8 Å². The molecule has 144 valence electrons. The molecule has 2 heterocycles. The summed E-state index contributed by atoms with van der Waals surface area (Å²) in [7, 11) is 0. The van der Waals surface area contributed by atoms with Gasteiger partial charge in [-0.05, 0) is 61.4 Å². The molecule has 0 aliphatic carbocycles. The summed E-state index contributed by atoms with van der Waals surface area (Å²) in [5.74, 6) is 0.961. The fourth-order valence-corrected chi connectivity index (χ4v) is 3.50. The molecule has 0 spiro atoms. The summed E-state index contributed by atoms with van der Waals surface area (Å²) in [6.07, 6.45) is 0. The molecule has 0 saturated heterocycles. The Bertz CT molecular complexity index is 1210. The zero-order valence-corrected chi connectivity index (χ0v) is 17.7. The van der Waals surface area contributed by atoms with Crippen molar-refractivity contribution in [3.05, 3.63) is 77.9 Å². The van der Waals surface area contributed by atoms with Crippen LogP contribution < -0.4 is 0 Å². The Labute approximate surface area is 167 Å². The minimum Gasteiger partial charge on any atom is -0.278 e.